The highest BCUT2D eigenvalue weighted by atomic mass is 32.1. The van der Waals surface area contributed by atoms with E-state index in [-0.39, 0.29) is 41.7 Å². The zero-order chi connectivity index (χ0) is 26.3. The molecule has 0 saturated heterocycles. The van der Waals surface area contributed by atoms with Crippen molar-refractivity contribution in [1.82, 2.24) is 9.88 Å². The van der Waals surface area contributed by atoms with Crippen LogP contribution in [0.4, 0.5) is 9.52 Å². The van der Waals surface area contributed by atoms with Gasteiger partial charge >= 0.3 is 0 Å². The van der Waals surface area contributed by atoms with E-state index in [1.807, 2.05) is 25.7 Å². The molecule has 5 unspecified atom stereocenters. The molecule has 1 fully saturated rings. The lowest BCUT2D eigenvalue weighted by atomic mass is 9.47. The molecule has 1 aromatic heterocycles. The minimum absolute atomic E-state index is 0.0491. The molecular formula is C27H36FN3O4S. The van der Waals surface area contributed by atoms with Crippen LogP contribution in [0.15, 0.2) is 24.3 Å². The van der Waals surface area contributed by atoms with Crippen LogP contribution in [0.5, 0.6) is 0 Å². The molecule has 0 bridgehead atoms. The van der Waals surface area contributed by atoms with Crippen LogP contribution in [-0.4, -0.2) is 57.7 Å². The summed E-state index contributed by atoms with van der Waals surface area (Å²) in [7, 11) is 0. The Balaban J connectivity index is 1.73. The number of nitrogens with one attached hydrogen (secondary N) is 1. The van der Waals surface area contributed by atoms with Gasteiger partial charge in [-0.05, 0) is 62.6 Å². The average molecular weight is 518 g/mol. The predicted octanol–water partition coefficient (Wildman–Crippen LogP) is 4.21. The maximum absolute atomic E-state index is 13.6. The van der Waals surface area contributed by atoms with Gasteiger partial charge in [0.25, 0.3) is 5.91 Å². The van der Waals surface area contributed by atoms with Gasteiger partial charge in [-0.25, -0.2) is 9.37 Å². The van der Waals surface area contributed by atoms with E-state index < -0.39 is 23.2 Å². The number of thiazole rings is 1. The molecule has 5 atom stereocenters. The first-order valence-corrected chi connectivity index (χ1v) is 13.5. The second-order valence-electron chi connectivity index (χ2n) is 10.6. The Hall–Kier alpha value is -2.36. The van der Waals surface area contributed by atoms with E-state index in [1.54, 1.807) is 6.07 Å². The van der Waals surface area contributed by atoms with Crippen molar-refractivity contribution in [2.75, 3.05) is 25.0 Å². The number of halogens is 1. The molecule has 36 heavy (non-hydrogen) atoms. The monoisotopic (exact) mass is 517 g/mol. The number of carbonyl (C=O) groups is 2. The average Bonchev–Trinajstić information content (AvgIpc) is 3.25. The number of anilines is 1. The van der Waals surface area contributed by atoms with Crippen molar-refractivity contribution in [1.29, 1.82) is 0 Å². The summed E-state index contributed by atoms with van der Waals surface area (Å²) in [6, 6.07) is 5.49. The number of benzene rings is 1. The number of hydrogen-bond acceptors (Lipinski definition) is 6. The third kappa shape index (κ3) is 4.57. The van der Waals surface area contributed by atoms with Gasteiger partial charge in [0, 0.05) is 41.3 Å². The smallest absolute Gasteiger partial charge is 0.257 e. The van der Waals surface area contributed by atoms with Gasteiger partial charge < -0.3 is 15.1 Å². The van der Waals surface area contributed by atoms with E-state index in [0.29, 0.717) is 37.5 Å². The molecule has 2 aliphatic carbocycles. The van der Waals surface area contributed by atoms with Crippen molar-refractivity contribution >= 4 is 28.3 Å². The van der Waals surface area contributed by atoms with E-state index in [2.05, 4.69) is 12.2 Å². The summed E-state index contributed by atoms with van der Waals surface area (Å²) in [6.45, 7) is 9.10. The zero-order valence-electron chi connectivity index (χ0n) is 21.4. The number of hydrogen-bond donors (Lipinski definition) is 3. The third-order valence-corrected chi connectivity index (χ3v) is 9.70. The first-order chi connectivity index (χ1) is 17.1. The summed E-state index contributed by atoms with van der Waals surface area (Å²) in [4.78, 5) is 33.6. The van der Waals surface area contributed by atoms with Gasteiger partial charge in [0.15, 0.2) is 5.13 Å². The maximum Gasteiger partial charge on any atom is 0.257 e. The van der Waals surface area contributed by atoms with Crippen LogP contribution >= 0.6 is 11.3 Å². The van der Waals surface area contributed by atoms with Gasteiger partial charge in [0.2, 0.25) is 5.91 Å². The quantitative estimate of drug-likeness (QED) is 0.511. The minimum atomic E-state index is -0.712. The van der Waals surface area contributed by atoms with Gasteiger partial charge in [0.05, 0.1) is 18.4 Å². The summed E-state index contributed by atoms with van der Waals surface area (Å²) < 4.78 is 13.6. The molecule has 2 aliphatic rings. The van der Waals surface area contributed by atoms with Crippen LogP contribution in [0.25, 0.3) is 0 Å². The van der Waals surface area contributed by atoms with Gasteiger partial charge in [-0.15, -0.1) is 11.3 Å². The van der Waals surface area contributed by atoms with Gasteiger partial charge in [-0.2, -0.15) is 0 Å². The molecule has 0 radical (unpaired) electrons. The Morgan fingerprint density at radius 1 is 1.28 bits per heavy atom. The first-order valence-electron chi connectivity index (χ1n) is 12.7. The van der Waals surface area contributed by atoms with Crippen molar-refractivity contribution in [3.8, 4) is 0 Å². The fourth-order valence-electron chi connectivity index (χ4n) is 6.38. The van der Waals surface area contributed by atoms with Crippen LogP contribution in [0.2, 0.25) is 0 Å². The summed E-state index contributed by atoms with van der Waals surface area (Å²) >= 11 is 1.36. The zero-order valence-corrected chi connectivity index (χ0v) is 22.2. The number of aliphatic hydroxyl groups is 2. The van der Waals surface area contributed by atoms with Crippen LogP contribution in [0.1, 0.15) is 73.8 Å². The molecule has 2 amide bonds. The maximum atomic E-state index is 13.6. The third-order valence-electron chi connectivity index (χ3n) is 8.70. The number of fused-ring (bicyclic) bond motifs is 2. The number of aromatic nitrogens is 1. The molecule has 0 aliphatic heterocycles. The van der Waals surface area contributed by atoms with E-state index in [4.69, 9.17) is 4.98 Å². The summed E-state index contributed by atoms with van der Waals surface area (Å²) in [6.07, 6.45) is 1.50. The molecule has 3 N–H and O–H groups in total. The van der Waals surface area contributed by atoms with E-state index in [1.165, 1.54) is 29.5 Å². The number of nitrogens with zero attached hydrogens (tertiary/aromatic N) is 2. The molecule has 196 valence electrons. The number of carbonyl (C=O) groups excluding carboxylic acids is 2. The van der Waals surface area contributed by atoms with Crippen LogP contribution in [0, 0.1) is 22.6 Å². The molecule has 4 rings (SSSR count). The molecule has 1 heterocycles. The molecule has 2 aromatic rings. The molecular weight excluding hydrogens is 481 g/mol. The second-order valence-corrected chi connectivity index (χ2v) is 11.7. The van der Waals surface area contributed by atoms with Crippen molar-refractivity contribution in [3.05, 3.63) is 46.2 Å². The van der Waals surface area contributed by atoms with Gasteiger partial charge in [0.1, 0.15) is 5.82 Å². The largest absolute Gasteiger partial charge is 0.396 e. The van der Waals surface area contributed by atoms with Gasteiger partial charge in [-0.3, -0.25) is 14.9 Å². The molecule has 7 nitrogen and oxygen atoms in total. The van der Waals surface area contributed by atoms with E-state index in [9.17, 15) is 24.2 Å². The molecule has 1 aromatic carbocycles. The first kappa shape index (κ1) is 26.7. The normalized spacial score (nSPS) is 29.2. The Kier molecular flexibility index (Phi) is 7.55. The molecule has 1 saturated carbocycles. The topological polar surface area (TPSA) is 103 Å². The van der Waals surface area contributed by atoms with Crippen molar-refractivity contribution < 1.29 is 24.2 Å². The van der Waals surface area contributed by atoms with Crippen molar-refractivity contribution in [3.63, 3.8) is 0 Å². The van der Waals surface area contributed by atoms with Crippen LogP contribution in [0.3, 0.4) is 0 Å². The number of rotatable bonds is 7. The van der Waals surface area contributed by atoms with E-state index in [0.717, 1.165) is 10.6 Å². The standard InChI is InChI=1S/C27H36FN3O4S/c1-5-31(6-2)22(34)13-18-23-19(14-20-26(18,3)11-10-21(33)27(20,4)15-32)36-25(29-23)30-24(35)16-8-7-9-17(28)12-16/h7-9,12,18,20-21,32-33H,5-6,10-11,13-15H2,1-4H3,(H,29,30,35). The number of aliphatic hydroxyl groups excluding tert-OH is 2. The summed E-state index contributed by atoms with van der Waals surface area (Å²) in [5.41, 5.74) is -0.0563. The lowest BCUT2D eigenvalue weighted by molar-refractivity contribution is -0.147. The van der Waals surface area contributed by atoms with E-state index >= 15 is 0 Å². The molecule has 9 heteroatoms. The highest BCUT2D eigenvalue weighted by Crippen LogP contribution is 2.62. The fraction of sp³-hybridized carbons (Fsp3) is 0.593. The Morgan fingerprint density at radius 3 is 2.64 bits per heavy atom. The lowest BCUT2D eigenvalue weighted by Crippen LogP contribution is -2.57. The summed E-state index contributed by atoms with van der Waals surface area (Å²) in [5, 5.41) is 24.5. The number of amides is 2. The SMILES string of the molecule is CCN(CC)C(=O)CC1c2nc(NC(=O)c3cccc(F)c3)sc2CC2C(C)(CO)C(O)CCC12C. The summed E-state index contributed by atoms with van der Waals surface area (Å²) in [5.74, 6) is -1.17. The highest BCUT2D eigenvalue weighted by Gasteiger charge is 2.59. The van der Waals surface area contributed by atoms with Crippen molar-refractivity contribution in [2.45, 2.75) is 65.4 Å². The molecule has 0 spiro atoms. The van der Waals surface area contributed by atoms with Crippen LogP contribution < -0.4 is 5.32 Å². The second kappa shape index (κ2) is 10.2. The Morgan fingerprint density at radius 2 is 2.00 bits per heavy atom. The Bertz CT molecular complexity index is 1140. The minimum Gasteiger partial charge on any atom is -0.396 e. The van der Waals surface area contributed by atoms with Crippen molar-refractivity contribution in [2.24, 2.45) is 16.7 Å². The highest BCUT2D eigenvalue weighted by molar-refractivity contribution is 7.15. The Labute approximate surface area is 215 Å². The fourth-order valence-corrected chi connectivity index (χ4v) is 7.44. The predicted molar refractivity (Wildman–Crippen MR) is 137 cm³/mol. The van der Waals surface area contributed by atoms with Gasteiger partial charge in [-0.1, -0.05) is 19.9 Å². The van der Waals surface area contributed by atoms with Crippen LogP contribution in [-0.2, 0) is 11.2 Å². The lowest BCUT2D eigenvalue weighted by Gasteiger charge is -2.58.